The molecule has 6 nitrogen and oxygen atoms in total. The Bertz CT molecular complexity index is 310. The van der Waals surface area contributed by atoms with Gasteiger partial charge < -0.3 is 21.7 Å². The average molecular weight is 389 g/mol. The second-order valence-electron chi connectivity index (χ2n) is 2.10. The molecule has 1 aromatic rings. The van der Waals surface area contributed by atoms with Crippen molar-refractivity contribution in [1.29, 1.82) is 0 Å². The van der Waals surface area contributed by atoms with Crippen molar-refractivity contribution < 1.29 is 40.9 Å². The van der Waals surface area contributed by atoms with Gasteiger partial charge in [-0.1, -0.05) is 24.3 Å². The molecule has 0 saturated heterocycles. The standard InChI is InChI=1S/C6H4N2.C2H2O4.Pt/c7-5-3-1-2-4-6(5)8;3-1(4)2(5)6;/h1-4H;(H,3,4)(H,5,6);/q-2;;+2. The molecule has 0 heterocycles. The van der Waals surface area contributed by atoms with Gasteiger partial charge in [0.15, 0.2) is 0 Å². The van der Waals surface area contributed by atoms with Crippen LogP contribution in [0.15, 0.2) is 24.3 Å². The predicted octanol–water partition coefficient (Wildman–Crippen LogP) is 1.78. The van der Waals surface area contributed by atoms with Crippen LogP contribution < -0.4 is 0 Å². The quantitative estimate of drug-likeness (QED) is 0.658. The van der Waals surface area contributed by atoms with E-state index in [0.29, 0.717) is 0 Å². The average Bonchev–Trinajstić information content (AvgIpc) is 2.11. The van der Waals surface area contributed by atoms with E-state index in [1.165, 1.54) is 12.1 Å². The molecule has 0 aliphatic rings. The van der Waals surface area contributed by atoms with Crippen molar-refractivity contribution in [1.82, 2.24) is 0 Å². The van der Waals surface area contributed by atoms with Crippen molar-refractivity contribution in [2.75, 3.05) is 0 Å². The molecule has 0 aliphatic heterocycles. The van der Waals surface area contributed by atoms with E-state index in [4.69, 9.17) is 31.3 Å². The number of hydrogen-bond donors (Lipinski definition) is 2. The van der Waals surface area contributed by atoms with Gasteiger partial charge >= 0.3 is 33.0 Å². The molecule has 2 N–H and O–H groups in total. The largest absolute Gasteiger partial charge is 2.00 e. The van der Waals surface area contributed by atoms with Crippen LogP contribution in [0.2, 0.25) is 0 Å². The van der Waals surface area contributed by atoms with Gasteiger partial charge in [0.2, 0.25) is 0 Å². The number of hydrogen-bond acceptors (Lipinski definition) is 2. The smallest absolute Gasteiger partial charge is 0.805 e. The summed E-state index contributed by atoms with van der Waals surface area (Å²) < 4.78 is 0. The third-order valence-corrected chi connectivity index (χ3v) is 1.06. The van der Waals surface area contributed by atoms with Gasteiger partial charge in [-0.15, -0.1) is 0 Å². The van der Waals surface area contributed by atoms with Crippen LogP contribution in [0.4, 0.5) is 11.4 Å². The summed E-state index contributed by atoms with van der Waals surface area (Å²) in [6.45, 7) is 0. The Morgan fingerprint density at radius 1 is 0.933 bits per heavy atom. The monoisotopic (exact) mass is 389 g/mol. The maximum Gasteiger partial charge on any atom is 2.00 e. The van der Waals surface area contributed by atoms with Crippen molar-refractivity contribution in [3.63, 3.8) is 0 Å². The molecule has 7 heteroatoms. The van der Waals surface area contributed by atoms with Crippen LogP contribution in [-0.2, 0) is 30.7 Å². The van der Waals surface area contributed by atoms with E-state index < -0.39 is 11.9 Å². The summed E-state index contributed by atoms with van der Waals surface area (Å²) >= 11 is 0. The molecule has 0 unspecified atom stereocenters. The van der Waals surface area contributed by atoms with Crippen molar-refractivity contribution in [3.8, 4) is 0 Å². The fourth-order valence-corrected chi connectivity index (χ4v) is 0.464. The van der Waals surface area contributed by atoms with Gasteiger partial charge in [-0.05, 0) is 0 Å². The SMILES string of the molecule is O=C(O)C(=O)O.[N-]c1ccccc1[N-].[Pt+2]. The van der Waals surface area contributed by atoms with Crippen molar-refractivity contribution in [2.45, 2.75) is 0 Å². The number of rotatable bonds is 0. The first-order valence-corrected chi connectivity index (χ1v) is 3.38. The zero-order valence-electron chi connectivity index (χ0n) is 7.23. The summed E-state index contributed by atoms with van der Waals surface area (Å²) in [4.78, 5) is 18.2. The molecule has 0 spiro atoms. The molecule has 0 atom stereocenters. The van der Waals surface area contributed by atoms with Crippen LogP contribution in [0, 0.1) is 0 Å². The molecule has 0 fully saturated rings. The first-order valence-electron chi connectivity index (χ1n) is 3.38. The molecule has 15 heavy (non-hydrogen) atoms. The van der Waals surface area contributed by atoms with Crippen LogP contribution in [0.3, 0.4) is 0 Å². The van der Waals surface area contributed by atoms with Crippen molar-refractivity contribution in [2.24, 2.45) is 0 Å². The maximum atomic E-state index is 9.10. The molecule has 1 rings (SSSR count). The molecular formula is C8H6N2O4Pt. The predicted molar refractivity (Wildman–Crippen MR) is 47.8 cm³/mol. The summed E-state index contributed by atoms with van der Waals surface area (Å²) in [6, 6.07) is 6.15. The number of aliphatic carboxylic acids is 2. The molecule has 2 radical (unpaired) electrons. The first kappa shape index (κ1) is 15.9. The van der Waals surface area contributed by atoms with Gasteiger partial charge in [-0.3, -0.25) is 0 Å². The maximum absolute atomic E-state index is 9.10. The minimum absolute atomic E-state index is 0. The van der Waals surface area contributed by atoms with Gasteiger partial charge in [0.05, 0.1) is 0 Å². The van der Waals surface area contributed by atoms with Gasteiger partial charge in [0, 0.05) is 0 Å². The molecule has 0 saturated carbocycles. The minimum atomic E-state index is -1.82. The number of carbonyl (C=O) groups is 2. The topological polar surface area (TPSA) is 119 Å². The normalized spacial score (nSPS) is 7.73. The Morgan fingerprint density at radius 3 is 1.33 bits per heavy atom. The fraction of sp³-hybridized carbons (Fsp3) is 0. The number of carboxylic acid groups (broad SMARTS) is 2. The summed E-state index contributed by atoms with van der Waals surface area (Å²) in [7, 11) is 0. The second-order valence-corrected chi connectivity index (χ2v) is 2.10. The third kappa shape index (κ3) is 7.51. The van der Waals surface area contributed by atoms with Gasteiger partial charge in [-0.2, -0.15) is 11.4 Å². The Labute approximate surface area is 100 Å². The zero-order chi connectivity index (χ0) is 11.1. The summed E-state index contributed by atoms with van der Waals surface area (Å²) in [5.74, 6) is -3.65. The van der Waals surface area contributed by atoms with Crippen molar-refractivity contribution in [3.05, 3.63) is 35.7 Å². The molecule has 1 aromatic carbocycles. The van der Waals surface area contributed by atoms with E-state index in [9.17, 15) is 0 Å². The van der Waals surface area contributed by atoms with Crippen LogP contribution in [0.5, 0.6) is 0 Å². The van der Waals surface area contributed by atoms with E-state index in [0.717, 1.165) is 0 Å². The molecular weight excluding hydrogens is 383 g/mol. The zero-order valence-corrected chi connectivity index (χ0v) is 9.50. The van der Waals surface area contributed by atoms with E-state index in [1.807, 2.05) is 0 Å². The van der Waals surface area contributed by atoms with Crippen LogP contribution >= 0.6 is 0 Å². The number of nitrogens with zero attached hydrogens (tertiary/aromatic N) is 2. The van der Waals surface area contributed by atoms with E-state index in [2.05, 4.69) is 0 Å². The van der Waals surface area contributed by atoms with Gasteiger partial charge in [-0.25, -0.2) is 9.59 Å². The molecule has 0 bridgehead atoms. The molecule has 0 aromatic heterocycles. The summed E-state index contributed by atoms with van der Waals surface area (Å²) in [5, 5.41) is 14.8. The fourth-order valence-electron chi connectivity index (χ4n) is 0.464. The van der Waals surface area contributed by atoms with Gasteiger partial charge in [0.1, 0.15) is 0 Å². The molecule has 82 valence electrons. The van der Waals surface area contributed by atoms with Crippen molar-refractivity contribution >= 4 is 23.3 Å². The van der Waals surface area contributed by atoms with E-state index in [1.54, 1.807) is 12.1 Å². The Kier molecular flexibility index (Phi) is 8.28. The Hall–Kier alpha value is -1.55. The summed E-state index contributed by atoms with van der Waals surface area (Å²) in [6.07, 6.45) is 0. The van der Waals surface area contributed by atoms with Gasteiger partial charge in [0.25, 0.3) is 0 Å². The number of carboxylic acids is 2. The second kappa shape index (κ2) is 7.82. The van der Waals surface area contributed by atoms with Crippen LogP contribution in [0.1, 0.15) is 0 Å². The third-order valence-electron chi connectivity index (χ3n) is 1.06. The van der Waals surface area contributed by atoms with Crippen LogP contribution in [0.25, 0.3) is 11.5 Å². The molecule has 0 aliphatic carbocycles. The van der Waals surface area contributed by atoms with E-state index >= 15 is 0 Å². The molecule has 0 amide bonds. The minimum Gasteiger partial charge on any atom is -0.805 e. The Morgan fingerprint density at radius 2 is 1.20 bits per heavy atom. The summed E-state index contributed by atoms with van der Waals surface area (Å²) in [5.41, 5.74) is 17.2. The van der Waals surface area contributed by atoms with Crippen LogP contribution in [-0.4, -0.2) is 22.2 Å². The van der Waals surface area contributed by atoms with E-state index in [-0.39, 0.29) is 32.4 Å². The first-order chi connectivity index (χ1) is 6.45. The number of benzene rings is 1. The Balaban J connectivity index is 0.